The molecule has 3 fully saturated rings. The van der Waals surface area contributed by atoms with Gasteiger partial charge in [-0.1, -0.05) is 19.3 Å². The van der Waals surface area contributed by atoms with Gasteiger partial charge in [-0.15, -0.1) is 0 Å². The van der Waals surface area contributed by atoms with Crippen LogP contribution in [0.2, 0.25) is 0 Å². The molecule has 1 aliphatic carbocycles. The van der Waals surface area contributed by atoms with E-state index < -0.39 is 0 Å². The summed E-state index contributed by atoms with van der Waals surface area (Å²) < 4.78 is 6.03. The molecule has 0 amide bonds. The summed E-state index contributed by atoms with van der Waals surface area (Å²) >= 11 is 0. The Bertz CT molecular complexity index is 257. The van der Waals surface area contributed by atoms with Gasteiger partial charge < -0.3 is 4.74 Å². The number of hydrogen-bond acceptors (Lipinski definition) is 4. The molecule has 0 bridgehead atoms. The first kappa shape index (κ1) is 11.9. The van der Waals surface area contributed by atoms with Gasteiger partial charge in [-0.05, 0) is 31.7 Å². The Kier molecular flexibility index (Phi) is 3.66. The highest BCUT2D eigenvalue weighted by Crippen LogP contribution is 2.32. The molecule has 17 heavy (non-hydrogen) atoms. The number of hydrazine groups is 1. The maximum atomic E-state index is 6.03. The molecule has 3 rings (SSSR count). The van der Waals surface area contributed by atoms with Crippen LogP contribution in [0.25, 0.3) is 0 Å². The fourth-order valence-corrected chi connectivity index (χ4v) is 3.50. The van der Waals surface area contributed by atoms with Crippen molar-refractivity contribution in [1.29, 1.82) is 0 Å². The molecule has 0 aromatic carbocycles. The van der Waals surface area contributed by atoms with E-state index in [0.29, 0.717) is 18.2 Å². The van der Waals surface area contributed by atoms with E-state index in [0.717, 1.165) is 19.1 Å². The molecule has 2 aliphatic heterocycles. The Balaban J connectivity index is 1.54. The number of nitrogens with one attached hydrogen (secondary N) is 1. The lowest BCUT2D eigenvalue weighted by Gasteiger charge is -2.40. The second-order valence-electron chi connectivity index (χ2n) is 5.97. The third-order valence-corrected chi connectivity index (χ3v) is 4.89. The molecule has 4 heteroatoms. The van der Waals surface area contributed by atoms with Crippen LogP contribution in [0.5, 0.6) is 0 Å². The molecule has 0 aromatic heterocycles. The molecule has 0 spiro atoms. The average Bonchev–Trinajstić information content (AvgIpc) is 2.75. The van der Waals surface area contributed by atoms with Crippen LogP contribution in [-0.4, -0.2) is 42.8 Å². The van der Waals surface area contributed by atoms with Crippen molar-refractivity contribution in [1.82, 2.24) is 10.3 Å². The molecule has 2 saturated heterocycles. The highest BCUT2D eigenvalue weighted by Gasteiger charge is 2.36. The SMILES string of the molecule is NNC(CC1CCC1)C1CN2CCCC2CO1. The number of ether oxygens (including phenoxy) is 1. The topological polar surface area (TPSA) is 50.5 Å². The van der Waals surface area contributed by atoms with E-state index in [-0.39, 0.29) is 0 Å². The first-order chi connectivity index (χ1) is 8.36. The van der Waals surface area contributed by atoms with Crippen molar-refractivity contribution >= 4 is 0 Å². The molecule has 98 valence electrons. The lowest BCUT2D eigenvalue weighted by Crippen LogP contribution is -2.56. The van der Waals surface area contributed by atoms with Crippen molar-refractivity contribution < 1.29 is 4.74 Å². The van der Waals surface area contributed by atoms with E-state index in [4.69, 9.17) is 10.6 Å². The summed E-state index contributed by atoms with van der Waals surface area (Å²) in [7, 11) is 0. The first-order valence-corrected chi connectivity index (χ1v) is 7.18. The highest BCUT2D eigenvalue weighted by molar-refractivity contribution is 4.91. The normalized spacial score (nSPS) is 36.5. The minimum atomic E-state index is 0.301. The van der Waals surface area contributed by atoms with E-state index in [2.05, 4.69) is 10.3 Å². The number of rotatable bonds is 4. The summed E-state index contributed by atoms with van der Waals surface area (Å²) in [5.74, 6) is 6.60. The van der Waals surface area contributed by atoms with Crippen LogP contribution in [0.15, 0.2) is 0 Å². The zero-order valence-electron chi connectivity index (χ0n) is 10.6. The Hall–Kier alpha value is -0.160. The highest BCUT2D eigenvalue weighted by atomic mass is 16.5. The molecule has 4 nitrogen and oxygen atoms in total. The van der Waals surface area contributed by atoms with Gasteiger partial charge in [-0.25, -0.2) is 0 Å². The smallest absolute Gasteiger partial charge is 0.0869 e. The summed E-state index contributed by atoms with van der Waals surface area (Å²) in [6, 6.07) is 1.04. The van der Waals surface area contributed by atoms with Crippen molar-refractivity contribution in [3.8, 4) is 0 Å². The zero-order chi connectivity index (χ0) is 11.7. The average molecular weight is 239 g/mol. The summed E-state index contributed by atoms with van der Waals surface area (Å²) in [4.78, 5) is 2.60. The molecule has 0 radical (unpaired) electrons. The van der Waals surface area contributed by atoms with Gasteiger partial charge in [0.15, 0.2) is 0 Å². The second-order valence-corrected chi connectivity index (χ2v) is 5.97. The number of fused-ring (bicyclic) bond motifs is 1. The fourth-order valence-electron chi connectivity index (χ4n) is 3.50. The van der Waals surface area contributed by atoms with Gasteiger partial charge in [0.05, 0.1) is 12.7 Å². The van der Waals surface area contributed by atoms with Crippen LogP contribution in [0, 0.1) is 5.92 Å². The van der Waals surface area contributed by atoms with Crippen molar-refractivity contribution in [2.45, 2.75) is 56.7 Å². The monoisotopic (exact) mass is 239 g/mol. The third-order valence-electron chi connectivity index (χ3n) is 4.89. The maximum absolute atomic E-state index is 6.03. The van der Waals surface area contributed by atoms with Crippen molar-refractivity contribution in [3.63, 3.8) is 0 Å². The van der Waals surface area contributed by atoms with Crippen LogP contribution >= 0.6 is 0 Å². The van der Waals surface area contributed by atoms with Gasteiger partial charge in [0.25, 0.3) is 0 Å². The van der Waals surface area contributed by atoms with Gasteiger partial charge in [0, 0.05) is 18.6 Å². The van der Waals surface area contributed by atoms with Crippen molar-refractivity contribution in [2.75, 3.05) is 19.7 Å². The predicted octanol–water partition coefficient (Wildman–Crippen LogP) is 0.872. The molecular formula is C13H25N3O. The molecule has 3 atom stereocenters. The van der Waals surface area contributed by atoms with Gasteiger partial charge in [0.2, 0.25) is 0 Å². The Labute approximate surface area is 104 Å². The fraction of sp³-hybridized carbons (Fsp3) is 1.00. The Morgan fingerprint density at radius 2 is 2.18 bits per heavy atom. The van der Waals surface area contributed by atoms with E-state index in [9.17, 15) is 0 Å². The van der Waals surface area contributed by atoms with Crippen LogP contribution in [0.4, 0.5) is 0 Å². The summed E-state index contributed by atoms with van der Waals surface area (Å²) in [5, 5.41) is 0. The molecule has 3 N–H and O–H groups in total. The van der Waals surface area contributed by atoms with E-state index >= 15 is 0 Å². The minimum absolute atomic E-state index is 0.301. The van der Waals surface area contributed by atoms with Crippen molar-refractivity contribution in [3.05, 3.63) is 0 Å². The Morgan fingerprint density at radius 1 is 1.29 bits per heavy atom. The van der Waals surface area contributed by atoms with Crippen LogP contribution < -0.4 is 11.3 Å². The van der Waals surface area contributed by atoms with Gasteiger partial charge in [-0.2, -0.15) is 0 Å². The van der Waals surface area contributed by atoms with Crippen LogP contribution in [0.3, 0.4) is 0 Å². The summed E-state index contributed by atoms with van der Waals surface area (Å²) in [5.41, 5.74) is 3.00. The van der Waals surface area contributed by atoms with Crippen LogP contribution in [-0.2, 0) is 4.74 Å². The van der Waals surface area contributed by atoms with E-state index in [1.165, 1.54) is 45.1 Å². The largest absolute Gasteiger partial charge is 0.374 e. The van der Waals surface area contributed by atoms with Crippen molar-refractivity contribution in [2.24, 2.45) is 11.8 Å². The molecule has 0 aromatic rings. The van der Waals surface area contributed by atoms with E-state index in [1.54, 1.807) is 0 Å². The number of nitrogens with zero attached hydrogens (tertiary/aromatic N) is 1. The lowest BCUT2D eigenvalue weighted by molar-refractivity contribution is -0.0691. The second kappa shape index (κ2) is 5.22. The van der Waals surface area contributed by atoms with Gasteiger partial charge in [-0.3, -0.25) is 16.2 Å². The van der Waals surface area contributed by atoms with E-state index in [1.807, 2.05) is 0 Å². The maximum Gasteiger partial charge on any atom is 0.0869 e. The number of hydrogen-bond donors (Lipinski definition) is 2. The first-order valence-electron chi connectivity index (χ1n) is 7.18. The third kappa shape index (κ3) is 2.50. The standard InChI is InChI=1S/C13H25N3O/c14-15-12(7-10-3-1-4-10)13-8-16-6-2-5-11(16)9-17-13/h10-13,15H,1-9,14H2. The molecule has 3 aliphatic rings. The van der Waals surface area contributed by atoms with Gasteiger partial charge >= 0.3 is 0 Å². The number of morpholine rings is 1. The molecule has 2 heterocycles. The van der Waals surface area contributed by atoms with Gasteiger partial charge in [0.1, 0.15) is 0 Å². The summed E-state index contributed by atoms with van der Waals surface area (Å²) in [6.45, 7) is 3.24. The quantitative estimate of drug-likeness (QED) is 0.564. The van der Waals surface area contributed by atoms with Crippen LogP contribution in [0.1, 0.15) is 38.5 Å². The zero-order valence-corrected chi connectivity index (χ0v) is 10.6. The summed E-state index contributed by atoms with van der Waals surface area (Å²) in [6.07, 6.45) is 8.32. The lowest BCUT2D eigenvalue weighted by atomic mass is 9.80. The molecule has 3 unspecified atom stereocenters. The minimum Gasteiger partial charge on any atom is -0.374 e. The Morgan fingerprint density at radius 3 is 2.88 bits per heavy atom. The molecular weight excluding hydrogens is 214 g/mol. The molecule has 1 saturated carbocycles. The predicted molar refractivity (Wildman–Crippen MR) is 67.4 cm³/mol. The number of nitrogens with two attached hydrogens (primary N) is 1.